The van der Waals surface area contributed by atoms with Crippen LogP contribution in [0.5, 0.6) is 0 Å². The molecule has 5 heteroatoms. The van der Waals surface area contributed by atoms with Crippen LogP contribution in [0.3, 0.4) is 0 Å². The molecular formula is C16H16N4O. The van der Waals surface area contributed by atoms with E-state index in [1.165, 1.54) is 0 Å². The van der Waals surface area contributed by atoms with Crippen molar-refractivity contribution in [1.82, 2.24) is 20.1 Å². The standard InChI is InChI=1S/C16H16N4O/c1-12(19-16(21)15-7-3-8-17-15)13-5-2-6-14(11-13)20-10-4-9-18-20/h2-12,17H,1H3,(H,19,21). The molecule has 0 aliphatic heterocycles. The van der Waals surface area contributed by atoms with Gasteiger partial charge in [0.15, 0.2) is 0 Å². The number of aromatic amines is 1. The molecule has 0 bridgehead atoms. The predicted molar refractivity (Wildman–Crippen MR) is 80.2 cm³/mol. The maximum atomic E-state index is 12.0. The van der Waals surface area contributed by atoms with Crippen molar-refractivity contribution in [2.24, 2.45) is 0 Å². The number of aromatic nitrogens is 3. The number of carbonyl (C=O) groups is 1. The van der Waals surface area contributed by atoms with Crippen LogP contribution >= 0.6 is 0 Å². The van der Waals surface area contributed by atoms with E-state index in [0.717, 1.165) is 11.3 Å². The number of hydrogen-bond acceptors (Lipinski definition) is 2. The number of nitrogens with one attached hydrogen (secondary N) is 2. The molecule has 21 heavy (non-hydrogen) atoms. The fraction of sp³-hybridized carbons (Fsp3) is 0.125. The molecule has 3 aromatic rings. The van der Waals surface area contributed by atoms with E-state index in [2.05, 4.69) is 15.4 Å². The molecule has 106 valence electrons. The Hall–Kier alpha value is -2.82. The molecule has 1 atom stereocenters. The summed E-state index contributed by atoms with van der Waals surface area (Å²) in [6, 6.07) is 13.3. The van der Waals surface area contributed by atoms with Gasteiger partial charge in [-0.25, -0.2) is 4.68 Å². The zero-order valence-corrected chi connectivity index (χ0v) is 11.7. The third-order valence-corrected chi connectivity index (χ3v) is 3.33. The topological polar surface area (TPSA) is 62.7 Å². The van der Waals surface area contributed by atoms with Gasteiger partial charge in [0.05, 0.1) is 11.7 Å². The van der Waals surface area contributed by atoms with E-state index in [1.54, 1.807) is 29.2 Å². The Labute approximate surface area is 122 Å². The highest BCUT2D eigenvalue weighted by molar-refractivity contribution is 5.92. The lowest BCUT2D eigenvalue weighted by atomic mass is 10.1. The third kappa shape index (κ3) is 2.86. The Morgan fingerprint density at radius 1 is 1.29 bits per heavy atom. The van der Waals surface area contributed by atoms with E-state index in [4.69, 9.17) is 0 Å². The van der Waals surface area contributed by atoms with E-state index in [0.29, 0.717) is 5.69 Å². The average molecular weight is 280 g/mol. The second-order valence-electron chi connectivity index (χ2n) is 4.82. The monoisotopic (exact) mass is 280 g/mol. The first-order valence-electron chi connectivity index (χ1n) is 6.78. The van der Waals surface area contributed by atoms with E-state index in [1.807, 2.05) is 43.5 Å². The molecule has 0 aliphatic rings. The second kappa shape index (κ2) is 5.66. The van der Waals surface area contributed by atoms with Crippen LogP contribution in [0.4, 0.5) is 0 Å². The second-order valence-corrected chi connectivity index (χ2v) is 4.82. The number of carbonyl (C=O) groups excluding carboxylic acids is 1. The Balaban J connectivity index is 1.77. The van der Waals surface area contributed by atoms with Gasteiger partial charge in [0, 0.05) is 18.6 Å². The van der Waals surface area contributed by atoms with Gasteiger partial charge in [0.2, 0.25) is 0 Å². The lowest BCUT2D eigenvalue weighted by Crippen LogP contribution is -2.26. The summed E-state index contributed by atoms with van der Waals surface area (Å²) in [5.74, 6) is -0.114. The Kier molecular flexibility index (Phi) is 3.55. The van der Waals surface area contributed by atoms with Gasteiger partial charge in [0.25, 0.3) is 5.91 Å². The molecule has 1 unspecified atom stereocenters. The van der Waals surface area contributed by atoms with Gasteiger partial charge < -0.3 is 10.3 Å². The first kappa shape index (κ1) is 13.2. The van der Waals surface area contributed by atoms with E-state index >= 15 is 0 Å². The summed E-state index contributed by atoms with van der Waals surface area (Å²) in [7, 11) is 0. The maximum absolute atomic E-state index is 12.0. The Morgan fingerprint density at radius 2 is 2.19 bits per heavy atom. The van der Waals surface area contributed by atoms with Crippen LogP contribution in [0.2, 0.25) is 0 Å². The van der Waals surface area contributed by atoms with Gasteiger partial charge >= 0.3 is 0 Å². The summed E-state index contributed by atoms with van der Waals surface area (Å²) in [5, 5.41) is 7.18. The highest BCUT2D eigenvalue weighted by atomic mass is 16.1. The first-order chi connectivity index (χ1) is 10.2. The fourth-order valence-electron chi connectivity index (χ4n) is 2.19. The molecule has 5 nitrogen and oxygen atoms in total. The molecule has 0 fully saturated rings. The number of H-pyrrole nitrogens is 1. The minimum absolute atomic E-state index is 0.0867. The van der Waals surface area contributed by atoms with Crippen molar-refractivity contribution in [2.45, 2.75) is 13.0 Å². The summed E-state index contributed by atoms with van der Waals surface area (Å²) in [4.78, 5) is 14.9. The zero-order valence-electron chi connectivity index (χ0n) is 11.7. The molecule has 2 heterocycles. The minimum atomic E-state index is -0.114. The molecule has 1 aromatic carbocycles. The smallest absolute Gasteiger partial charge is 0.268 e. The van der Waals surface area contributed by atoms with Crippen molar-refractivity contribution >= 4 is 5.91 Å². The van der Waals surface area contributed by atoms with Gasteiger partial charge in [-0.2, -0.15) is 5.10 Å². The molecule has 3 rings (SSSR count). The third-order valence-electron chi connectivity index (χ3n) is 3.33. The van der Waals surface area contributed by atoms with Crippen molar-refractivity contribution in [3.8, 4) is 5.69 Å². The van der Waals surface area contributed by atoms with Crippen LogP contribution in [0.15, 0.2) is 61.1 Å². The largest absolute Gasteiger partial charge is 0.357 e. The van der Waals surface area contributed by atoms with Crippen LogP contribution in [0, 0.1) is 0 Å². The lowest BCUT2D eigenvalue weighted by Gasteiger charge is -2.15. The van der Waals surface area contributed by atoms with Gasteiger partial charge in [-0.15, -0.1) is 0 Å². The molecule has 2 N–H and O–H groups in total. The molecule has 2 aromatic heterocycles. The van der Waals surface area contributed by atoms with Crippen LogP contribution in [-0.2, 0) is 0 Å². The van der Waals surface area contributed by atoms with Crippen molar-refractivity contribution < 1.29 is 4.79 Å². The van der Waals surface area contributed by atoms with Crippen LogP contribution in [-0.4, -0.2) is 20.7 Å². The average Bonchev–Trinajstić information content (AvgIpc) is 3.20. The lowest BCUT2D eigenvalue weighted by molar-refractivity contribution is 0.0935. The normalized spacial score (nSPS) is 12.0. The number of nitrogens with zero attached hydrogens (tertiary/aromatic N) is 2. The number of hydrogen-bond donors (Lipinski definition) is 2. The van der Waals surface area contributed by atoms with Crippen LogP contribution < -0.4 is 5.32 Å². The summed E-state index contributed by atoms with van der Waals surface area (Å²) in [6.07, 6.45) is 5.36. The van der Waals surface area contributed by atoms with E-state index in [9.17, 15) is 4.79 Å². The van der Waals surface area contributed by atoms with Crippen molar-refractivity contribution in [2.75, 3.05) is 0 Å². The summed E-state index contributed by atoms with van der Waals surface area (Å²) >= 11 is 0. The van der Waals surface area contributed by atoms with Gasteiger partial charge in [0.1, 0.15) is 5.69 Å². The number of amides is 1. The van der Waals surface area contributed by atoms with Gasteiger partial charge in [-0.05, 0) is 42.8 Å². The number of rotatable bonds is 4. The maximum Gasteiger partial charge on any atom is 0.268 e. The molecule has 0 radical (unpaired) electrons. The van der Waals surface area contributed by atoms with Crippen molar-refractivity contribution in [1.29, 1.82) is 0 Å². The van der Waals surface area contributed by atoms with Gasteiger partial charge in [-0.1, -0.05) is 12.1 Å². The first-order valence-corrected chi connectivity index (χ1v) is 6.78. The van der Waals surface area contributed by atoms with Gasteiger partial charge in [-0.3, -0.25) is 4.79 Å². The predicted octanol–water partition coefficient (Wildman–Crippen LogP) is 2.69. The molecule has 0 aliphatic carbocycles. The molecule has 0 saturated carbocycles. The van der Waals surface area contributed by atoms with Crippen LogP contribution in [0.25, 0.3) is 5.69 Å². The van der Waals surface area contributed by atoms with Crippen molar-refractivity contribution in [3.05, 3.63) is 72.3 Å². The highest BCUT2D eigenvalue weighted by Gasteiger charge is 2.12. The minimum Gasteiger partial charge on any atom is -0.357 e. The molecule has 0 spiro atoms. The Morgan fingerprint density at radius 3 is 2.90 bits per heavy atom. The highest BCUT2D eigenvalue weighted by Crippen LogP contribution is 2.17. The zero-order chi connectivity index (χ0) is 14.7. The molecular weight excluding hydrogens is 264 g/mol. The SMILES string of the molecule is CC(NC(=O)c1ccc[nH]1)c1cccc(-n2cccn2)c1. The van der Waals surface area contributed by atoms with Crippen molar-refractivity contribution in [3.63, 3.8) is 0 Å². The summed E-state index contributed by atoms with van der Waals surface area (Å²) in [6.45, 7) is 1.96. The fourth-order valence-corrected chi connectivity index (χ4v) is 2.19. The molecule has 0 saturated heterocycles. The van der Waals surface area contributed by atoms with E-state index in [-0.39, 0.29) is 11.9 Å². The Bertz CT molecular complexity index is 717. The summed E-state index contributed by atoms with van der Waals surface area (Å²) < 4.78 is 1.79. The van der Waals surface area contributed by atoms with Crippen LogP contribution in [0.1, 0.15) is 29.0 Å². The molecule has 1 amide bonds. The van der Waals surface area contributed by atoms with E-state index < -0.39 is 0 Å². The number of benzene rings is 1. The quantitative estimate of drug-likeness (QED) is 0.771. The summed E-state index contributed by atoms with van der Waals surface area (Å²) in [5.41, 5.74) is 2.56.